The van der Waals surface area contributed by atoms with E-state index in [4.69, 9.17) is 5.73 Å². The molecule has 0 radical (unpaired) electrons. The molecule has 0 heterocycles. The van der Waals surface area contributed by atoms with E-state index in [1.165, 1.54) is 7.11 Å². The number of methoxy groups -OCH3 is 1. The zero-order chi connectivity index (χ0) is 5.86. The van der Waals surface area contributed by atoms with Crippen molar-refractivity contribution >= 4 is 5.97 Å². The zero-order valence-corrected chi connectivity index (χ0v) is 4.10. The van der Waals surface area contributed by atoms with E-state index in [1.54, 1.807) is 0 Å². The van der Waals surface area contributed by atoms with Gasteiger partial charge in [-0.15, -0.1) is 0 Å². The Hall–Kier alpha value is -0.990. The molecular formula is C4H7NO2. The molecule has 0 atom stereocenters. The molecule has 3 nitrogen and oxygen atoms in total. The van der Waals surface area contributed by atoms with Crippen LogP contribution in [0.15, 0.2) is 12.3 Å². The predicted octanol–water partition coefficient (Wildman–Crippen LogP) is -0.368. The van der Waals surface area contributed by atoms with Crippen LogP contribution >= 0.6 is 0 Å². The fourth-order valence-corrected chi connectivity index (χ4v) is 0.131. The van der Waals surface area contributed by atoms with Gasteiger partial charge in [0.05, 0.1) is 7.11 Å². The molecule has 0 aliphatic rings. The number of hydrogen-bond donors (Lipinski definition) is 1. The number of carbonyl (C=O) groups excluding carboxylic acids is 1. The summed E-state index contributed by atoms with van der Waals surface area (Å²) < 4.78 is 4.15. The molecule has 0 bridgehead atoms. The highest BCUT2D eigenvalue weighted by Crippen LogP contribution is 1.78. The fraction of sp³-hybridized carbons (Fsp3) is 0.250. The third-order valence-electron chi connectivity index (χ3n) is 0.448. The van der Waals surface area contributed by atoms with Crippen molar-refractivity contribution in [2.75, 3.05) is 7.11 Å². The Balaban J connectivity index is 3.58. The number of esters is 1. The molecular weight excluding hydrogens is 94.0 g/mol. The Kier molecular flexibility index (Phi) is 1.91. The predicted molar refractivity (Wildman–Crippen MR) is 25.3 cm³/mol. The van der Waals surface area contributed by atoms with Crippen LogP contribution in [-0.2, 0) is 9.53 Å². The second-order valence-electron chi connectivity index (χ2n) is 1.02. The van der Waals surface area contributed by atoms with Gasteiger partial charge >= 0.3 is 5.97 Å². The van der Waals surface area contributed by atoms with Crippen LogP contribution in [-0.4, -0.2) is 13.1 Å². The van der Waals surface area contributed by atoms with Crippen molar-refractivity contribution in [2.24, 2.45) is 5.73 Å². The maximum atomic E-state index is 10.1. The molecule has 7 heavy (non-hydrogen) atoms. The third kappa shape index (κ3) is 1.81. The lowest BCUT2D eigenvalue weighted by Gasteiger charge is -1.91. The van der Waals surface area contributed by atoms with Crippen LogP contribution in [0.1, 0.15) is 0 Å². The molecule has 3 heteroatoms. The molecule has 0 aliphatic carbocycles. The Morgan fingerprint density at radius 1 is 1.86 bits per heavy atom. The molecule has 2 N–H and O–H groups in total. The number of hydrogen-bond acceptors (Lipinski definition) is 3. The van der Waals surface area contributed by atoms with E-state index in [2.05, 4.69) is 11.3 Å². The van der Waals surface area contributed by atoms with E-state index in [9.17, 15) is 4.79 Å². The highest BCUT2D eigenvalue weighted by molar-refractivity contribution is 5.86. The summed E-state index contributed by atoms with van der Waals surface area (Å²) in [6.45, 7) is 3.13. The second-order valence-corrected chi connectivity index (χ2v) is 1.02. The molecule has 0 amide bonds. The minimum Gasteiger partial charge on any atom is -0.464 e. The van der Waals surface area contributed by atoms with Gasteiger partial charge in [-0.1, -0.05) is 6.58 Å². The van der Waals surface area contributed by atoms with Crippen molar-refractivity contribution in [3.63, 3.8) is 0 Å². The van der Waals surface area contributed by atoms with E-state index in [0.29, 0.717) is 0 Å². The number of nitrogens with two attached hydrogens (primary N) is 1. The molecule has 0 unspecified atom stereocenters. The van der Waals surface area contributed by atoms with Crippen molar-refractivity contribution in [3.05, 3.63) is 12.3 Å². The van der Waals surface area contributed by atoms with Crippen LogP contribution in [0, 0.1) is 0 Å². The number of rotatable bonds is 1. The Labute approximate surface area is 41.8 Å². The fourth-order valence-electron chi connectivity index (χ4n) is 0.131. The van der Waals surface area contributed by atoms with Crippen molar-refractivity contribution in [1.29, 1.82) is 0 Å². The highest BCUT2D eigenvalue weighted by Gasteiger charge is 1.96. The Morgan fingerprint density at radius 3 is 2.29 bits per heavy atom. The van der Waals surface area contributed by atoms with Gasteiger partial charge < -0.3 is 10.5 Å². The normalized spacial score (nSPS) is 7.57. The third-order valence-corrected chi connectivity index (χ3v) is 0.448. The molecule has 0 saturated heterocycles. The summed E-state index contributed by atoms with van der Waals surface area (Å²) in [4.78, 5) is 10.1. The first-order valence-corrected chi connectivity index (χ1v) is 1.71. The zero-order valence-electron chi connectivity index (χ0n) is 4.10. The number of carbonyl (C=O) groups is 1. The van der Waals surface area contributed by atoms with E-state index in [-0.39, 0.29) is 5.70 Å². The van der Waals surface area contributed by atoms with Crippen LogP contribution in [0.4, 0.5) is 0 Å². The minimum atomic E-state index is -0.569. The van der Waals surface area contributed by atoms with Gasteiger partial charge in [-0.05, 0) is 0 Å². The van der Waals surface area contributed by atoms with Crippen molar-refractivity contribution in [2.45, 2.75) is 0 Å². The lowest BCUT2D eigenvalue weighted by Crippen LogP contribution is -2.10. The van der Waals surface area contributed by atoms with Crippen molar-refractivity contribution in [3.8, 4) is 0 Å². The average Bonchev–Trinajstić information content (AvgIpc) is 1.65. The first-order valence-electron chi connectivity index (χ1n) is 1.71. The number of ether oxygens (including phenoxy) is 1. The summed E-state index contributed by atoms with van der Waals surface area (Å²) in [5, 5.41) is 0. The van der Waals surface area contributed by atoms with Gasteiger partial charge in [-0.25, -0.2) is 4.79 Å². The van der Waals surface area contributed by atoms with Gasteiger partial charge in [0.15, 0.2) is 0 Å². The van der Waals surface area contributed by atoms with E-state index in [1.807, 2.05) is 0 Å². The maximum Gasteiger partial charge on any atom is 0.353 e. The maximum absolute atomic E-state index is 10.1. The summed E-state index contributed by atoms with van der Waals surface area (Å²) in [5.74, 6) is -0.569. The second kappa shape index (κ2) is 2.23. The molecule has 0 spiro atoms. The lowest BCUT2D eigenvalue weighted by molar-refractivity contribution is -0.136. The van der Waals surface area contributed by atoms with Gasteiger partial charge in [-0.2, -0.15) is 0 Å². The largest absolute Gasteiger partial charge is 0.464 e. The van der Waals surface area contributed by atoms with E-state index in [0.717, 1.165) is 0 Å². The average molecular weight is 101 g/mol. The first kappa shape index (κ1) is 6.01. The quantitative estimate of drug-likeness (QED) is 0.362. The van der Waals surface area contributed by atoms with Crippen LogP contribution in [0.3, 0.4) is 0 Å². The lowest BCUT2D eigenvalue weighted by atomic mass is 10.5. The van der Waals surface area contributed by atoms with Crippen LogP contribution in [0.25, 0.3) is 0 Å². The topological polar surface area (TPSA) is 52.3 Å². The summed E-state index contributed by atoms with van der Waals surface area (Å²) in [6, 6.07) is 0. The van der Waals surface area contributed by atoms with Gasteiger partial charge in [-0.3, -0.25) is 0 Å². The SMILES string of the molecule is C=C(N)C(=O)OC. The molecule has 0 saturated carbocycles. The molecule has 0 aromatic rings. The molecule has 0 aromatic carbocycles. The first-order chi connectivity index (χ1) is 3.18. The standard InChI is InChI=1S/C4H7NO2/c1-3(5)4(6)7-2/h1,5H2,2H3. The molecule has 0 aliphatic heterocycles. The molecule has 40 valence electrons. The van der Waals surface area contributed by atoms with Gasteiger partial charge in [0.2, 0.25) is 0 Å². The Morgan fingerprint density at radius 2 is 2.29 bits per heavy atom. The summed E-state index contributed by atoms with van der Waals surface area (Å²) >= 11 is 0. The van der Waals surface area contributed by atoms with Gasteiger partial charge in [0.25, 0.3) is 0 Å². The van der Waals surface area contributed by atoms with Gasteiger partial charge in [0.1, 0.15) is 5.70 Å². The highest BCUT2D eigenvalue weighted by atomic mass is 16.5. The summed E-state index contributed by atoms with van der Waals surface area (Å²) in [6.07, 6.45) is 0. The molecule has 0 rings (SSSR count). The van der Waals surface area contributed by atoms with Crippen LogP contribution in [0.5, 0.6) is 0 Å². The van der Waals surface area contributed by atoms with Gasteiger partial charge in [0, 0.05) is 0 Å². The van der Waals surface area contributed by atoms with Crippen LogP contribution in [0.2, 0.25) is 0 Å². The molecule has 0 aromatic heterocycles. The smallest absolute Gasteiger partial charge is 0.353 e. The van der Waals surface area contributed by atoms with Crippen molar-refractivity contribution < 1.29 is 9.53 Å². The van der Waals surface area contributed by atoms with E-state index >= 15 is 0 Å². The Bertz CT molecular complexity index is 97.9. The summed E-state index contributed by atoms with van der Waals surface area (Å²) in [7, 11) is 1.25. The van der Waals surface area contributed by atoms with Crippen molar-refractivity contribution in [1.82, 2.24) is 0 Å². The summed E-state index contributed by atoms with van der Waals surface area (Å²) in [5.41, 5.74) is 4.81. The monoisotopic (exact) mass is 101 g/mol. The van der Waals surface area contributed by atoms with Crippen LogP contribution < -0.4 is 5.73 Å². The molecule has 0 fully saturated rings. The minimum absolute atomic E-state index is 0.0671. The van der Waals surface area contributed by atoms with E-state index < -0.39 is 5.97 Å².